The number of halogens is 1. The van der Waals surface area contributed by atoms with E-state index in [1.165, 1.54) is 0 Å². The lowest BCUT2D eigenvalue weighted by atomic mass is 10.1. The van der Waals surface area contributed by atoms with Crippen molar-refractivity contribution in [3.63, 3.8) is 0 Å². The topological polar surface area (TPSA) is 58.5 Å². The fourth-order valence-electron chi connectivity index (χ4n) is 1.95. The predicted octanol–water partition coefficient (Wildman–Crippen LogP) is 3.66. The van der Waals surface area contributed by atoms with E-state index in [1.807, 2.05) is 19.1 Å². The van der Waals surface area contributed by atoms with Crippen molar-refractivity contribution in [1.82, 2.24) is 4.83 Å². The first-order valence-corrected chi connectivity index (χ1v) is 8.55. The summed E-state index contributed by atoms with van der Waals surface area (Å²) in [5, 5.41) is 4.55. The molecule has 1 N–H and O–H groups in total. The first-order valence-electron chi connectivity index (χ1n) is 6.69. The summed E-state index contributed by atoms with van der Waals surface area (Å²) in [7, 11) is -3.70. The molecular weight excluding hydrogens is 320 g/mol. The van der Waals surface area contributed by atoms with Crippen LogP contribution in [-0.2, 0) is 10.0 Å². The van der Waals surface area contributed by atoms with Crippen LogP contribution in [0, 0.1) is 13.8 Å². The van der Waals surface area contributed by atoms with Gasteiger partial charge in [0.1, 0.15) is 0 Å². The molecule has 2 rings (SSSR count). The van der Waals surface area contributed by atoms with Gasteiger partial charge in [-0.1, -0.05) is 35.9 Å². The molecular formula is C16H17ClN2O2S. The third-order valence-corrected chi connectivity index (χ3v) is 4.79. The summed E-state index contributed by atoms with van der Waals surface area (Å²) in [5.41, 5.74) is 2.85. The molecule has 0 aliphatic carbocycles. The standard InChI is InChI=1S/C16H17ClN2O2S/c1-11-7-8-12(2)16(9-11)22(20,21)19-18-13(3)14-5-4-6-15(17)10-14/h4-10,19H,1-3H3/b18-13+. The lowest BCUT2D eigenvalue weighted by Crippen LogP contribution is -2.21. The van der Waals surface area contributed by atoms with Gasteiger partial charge in [0.05, 0.1) is 10.6 Å². The second-order valence-electron chi connectivity index (χ2n) is 5.07. The Morgan fingerprint density at radius 2 is 1.86 bits per heavy atom. The van der Waals surface area contributed by atoms with Gasteiger partial charge >= 0.3 is 0 Å². The maximum Gasteiger partial charge on any atom is 0.276 e. The highest BCUT2D eigenvalue weighted by molar-refractivity contribution is 7.89. The third-order valence-electron chi connectivity index (χ3n) is 3.21. The van der Waals surface area contributed by atoms with Gasteiger partial charge < -0.3 is 0 Å². The van der Waals surface area contributed by atoms with Crippen molar-refractivity contribution in [2.24, 2.45) is 5.10 Å². The zero-order chi connectivity index (χ0) is 16.3. The lowest BCUT2D eigenvalue weighted by Gasteiger charge is -2.09. The average Bonchev–Trinajstić information content (AvgIpc) is 2.47. The fraction of sp³-hybridized carbons (Fsp3) is 0.188. The van der Waals surface area contributed by atoms with Crippen molar-refractivity contribution >= 4 is 27.3 Å². The van der Waals surface area contributed by atoms with Crippen molar-refractivity contribution in [1.29, 1.82) is 0 Å². The van der Waals surface area contributed by atoms with Gasteiger partial charge in [-0.05, 0) is 55.7 Å². The van der Waals surface area contributed by atoms with E-state index in [0.717, 1.165) is 11.1 Å². The minimum absolute atomic E-state index is 0.232. The second-order valence-corrected chi connectivity index (χ2v) is 7.14. The molecule has 2 aromatic rings. The smallest absolute Gasteiger partial charge is 0.200 e. The SMILES string of the molecule is C/C(=N\NS(=O)(=O)c1cc(C)ccc1C)c1cccc(Cl)c1. The molecule has 0 bridgehead atoms. The van der Waals surface area contributed by atoms with E-state index in [9.17, 15) is 8.42 Å². The first-order chi connectivity index (χ1) is 10.3. The van der Waals surface area contributed by atoms with Crippen LogP contribution in [0.2, 0.25) is 5.02 Å². The highest BCUT2D eigenvalue weighted by Crippen LogP contribution is 2.17. The highest BCUT2D eigenvalue weighted by atomic mass is 35.5. The Morgan fingerprint density at radius 1 is 1.14 bits per heavy atom. The number of hydrogen-bond donors (Lipinski definition) is 1. The molecule has 0 saturated heterocycles. The second kappa shape index (κ2) is 6.50. The molecule has 0 aliphatic heterocycles. The number of hydrogen-bond acceptors (Lipinski definition) is 3. The Balaban J connectivity index is 2.29. The van der Waals surface area contributed by atoms with Crippen LogP contribution in [0.5, 0.6) is 0 Å². The normalized spacial score (nSPS) is 12.3. The van der Waals surface area contributed by atoms with E-state index in [-0.39, 0.29) is 4.90 Å². The number of nitrogens with one attached hydrogen (secondary N) is 1. The molecule has 6 heteroatoms. The van der Waals surface area contributed by atoms with Crippen LogP contribution in [-0.4, -0.2) is 14.1 Å². The van der Waals surface area contributed by atoms with Gasteiger partial charge in [0.2, 0.25) is 0 Å². The van der Waals surface area contributed by atoms with Gasteiger partial charge in [-0.3, -0.25) is 0 Å². The Labute approximate surface area is 135 Å². The van der Waals surface area contributed by atoms with E-state index in [0.29, 0.717) is 16.3 Å². The maximum atomic E-state index is 12.4. The number of aryl methyl sites for hydroxylation is 2. The Morgan fingerprint density at radius 3 is 2.55 bits per heavy atom. The molecule has 0 spiro atoms. The van der Waals surface area contributed by atoms with E-state index in [4.69, 9.17) is 11.6 Å². The van der Waals surface area contributed by atoms with E-state index >= 15 is 0 Å². The van der Waals surface area contributed by atoms with Crippen LogP contribution in [0.15, 0.2) is 52.5 Å². The number of hydrazone groups is 1. The summed E-state index contributed by atoms with van der Waals surface area (Å²) >= 11 is 5.92. The molecule has 0 atom stereocenters. The van der Waals surface area contributed by atoms with Gasteiger partial charge in [-0.25, -0.2) is 0 Å². The van der Waals surface area contributed by atoms with Gasteiger partial charge in [0.15, 0.2) is 0 Å². The molecule has 4 nitrogen and oxygen atoms in total. The molecule has 22 heavy (non-hydrogen) atoms. The molecule has 0 amide bonds. The number of rotatable bonds is 4. The van der Waals surface area contributed by atoms with Gasteiger partial charge in [0, 0.05) is 5.02 Å². The zero-order valence-electron chi connectivity index (χ0n) is 12.6. The quantitative estimate of drug-likeness (QED) is 0.684. The Hall–Kier alpha value is -1.85. The van der Waals surface area contributed by atoms with Crippen molar-refractivity contribution in [2.75, 3.05) is 0 Å². The first kappa shape index (κ1) is 16.5. The summed E-state index contributed by atoms with van der Waals surface area (Å²) in [4.78, 5) is 2.51. The average molecular weight is 337 g/mol. The number of sulfonamides is 1. The van der Waals surface area contributed by atoms with Crippen molar-refractivity contribution in [2.45, 2.75) is 25.7 Å². The largest absolute Gasteiger partial charge is 0.276 e. The monoisotopic (exact) mass is 336 g/mol. The summed E-state index contributed by atoms with van der Waals surface area (Å²) in [6.07, 6.45) is 0. The van der Waals surface area contributed by atoms with Gasteiger partial charge in [-0.15, -0.1) is 0 Å². The zero-order valence-corrected chi connectivity index (χ0v) is 14.2. The van der Waals surface area contributed by atoms with Crippen LogP contribution < -0.4 is 4.83 Å². The number of nitrogens with zero attached hydrogens (tertiary/aromatic N) is 1. The molecule has 0 aliphatic rings. The van der Waals surface area contributed by atoms with E-state index in [1.54, 1.807) is 44.2 Å². The summed E-state index contributed by atoms with van der Waals surface area (Å²) in [6, 6.07) is 12.4. The van der Waals surface area contributed by atoms with Gasteiger partial charge in [-0.2, -0.15) is 18.4 Å². The number of benzene rings is 2. The molecule has 0 unspecified atom stereocenters. The lowest BCUT2D eigenvalue weighted by molar-refractivity contribution is 0.583. The highest BCUT2D eigenvalue weighted by Gasteiger charge is 2.16. The van der Waals surface area contributed by atoms with Crippen LogP contribution in [0.4, 0.5) is 0 Å². The molecule has 0 saturated carbocycles. The Kier molecular flexibility index (Phi) is 4.88. The van der Waals surface area contributed by atoms with Crippen molar-refractivity contribution < 1.29 is 8.42 Å². The fourth-order valence-corrected chi connectivity index (χ4v) is 3.33. The van der Waals surface area contributed by atoms with E-state index < -0.39 is 10.0 Å². The third kappa shape index (κ3) is 3.87. The Bertz CT molecular complexity index is 830. The molecule has 0 radical (unpaired) electrons. The summed E-state index contributed by atoms with van der Waals surface area (Å²) in [5.74, 6) is 0. The summed E-state index contributed by atoms with van der Waals surface area (Å²) in [6.45, 7) is 5.32. The van der Waals surface area contributed by atoms with Crippen LogP contribution in [0.1, 0.15) is 23.6 Å². The van der Waals surface area contributed by atoms with Crippen LogP contribution >= 0.6 is 11.6 Å². The molecule has 0 fully saturated rings. The molecule has 0 aromatic heterocycles. The van der Waals surface area contributed by atoms with Crippen LogP contribution in [0.3, 0.4) is 0 Å². The van der Waals surface area contributed by atoms with Gasteiger partial charge in [0.25, 0.3) is 10.0 Å². The predicted molar refractivity (Wildman–Crippen MR) is 89.9 cm³/mol. The van der Waals surface area contributed by atoms with Crippen molar-refractivity contribution in [3.8, 4) is 0 Å². The molecule has 0 heterocycles. The minimum atomic E-state index is -3.70. The van der Waals surface area contributed by atoms with Crippen LogP contribution in [0.25, 0.3) is 0 Å². The van der Waals surface area contributed by atoms with E-state index in [2.05, 4.69) is 9.93 Å². The van der Waals surface area contributed by atoms with Crippen molar-refractivity contribution in [3.05, 3.63) is 64.2 Å². The molecule has 2 aromatic carbocycles. The maximum absolute atomic E-state index is 12.4. The molecule has 116 valence electrons. The summed E-state index contributed by atoms with van der Waals surface area (Å²) < 4.78 is 24.7. The minimum Gasteiger partial charge on any atom is -0.200 e.